The van der Waals surface area contributed by atoms with Crippen molar-refractivity contribution in [3.63, 3.8) is 0 Å². The number of hydrogen-bond acceptors (Lipinski definition) is 2. The van der Waals surface area contributed by atoms with Crippen molar-refractivity contribution >= 4 is 29.3 Å². The average molecular weight is 339 g/mol. The predicted molar refractivity (Wildman–Crippen MR) is 98.9 cm³/mol. The molecule has 1 N–H and O–H groups in total. The maximum absolute atomic E-state index is 12.3. The number of halogens is 1. The fraction of sp³-hybridized carbons (Fsp3) is 0.200. The summed E-state index contributed by atoms with van der Waals surface area (Å²) >= 11 is 5.95. The lowest BCUT2D eigenvalue weighted by Crippen LogP contribution is -2.14. The van der Waals surface area contributed by atoms with Gasteiger partial charge in [-0.3, -0.25) is 4.79 Å². The molecule has 2 rings (SSSR count). The molecule has 2 aromatic rings. The molecule has 1 amide bonds. The summed E-state index contributed by atoms with van der Waals surface area (Å²) in [5.41, 5.74) is 3.56. The van der Waals surface area contributed by atoms with Crippen molar-refractivity contribution in [2.45, 2.75) is 26.7 Å². The molecule has 0 fully saturated rings. The number of amides is 1. The van der Waals surface area contributed by atoms with Gasteiger partial charge in [0.1, 0.15) is 11.6 Å². The van der Waals surface area contributed by atoms with E-state index in [9.17, 15) is 10.1 Å². The first-order chi connectivity index (χ1) is 11.4. The number of anilines is 1. The van der Waals surface area contributed by atoms with E-state index in [1.54, 1.807) is 18.2 Å². The first-order valence-electron chi connectivity index (χ1n) is 7.70. The molecule has 0 aliphatic carbocycles. The van der Waals surface area contributed by atoms with Crippen molar-refractivity contribution in [1.82, 2.24) is 0 Å². The number of rotatable bonds is 4. The molecule has 0 radical (unpaired) electrons. The number of hydrogen-bond donors (Lipinski definition) is 1. The predicted octanol–water partition coefficient (Wildman–Crippen LogP) is 5.32. The molecule has 0 bridgehead atoms. The zero-order valence-electron chi connectivity index (χ0n) is 13.9. The van der Waals surface area contributed by atoms with Crippen LogP contribution in [-0.2, 0) is 4.79 Å². The van der Waals surface area contributed by atoms with E-state index in [4.69, 9.17) is 11.6 Å². The van der Waals surface area contributed by atoms with Crippen LogP contribution in [0.2, 0.25) is 5.02 Å². The van der Waals surface area contributed by atoms with E-state index >= 15 is 0 Å². The molecule has 0 heterocycles. The fourth-order valence-electron chi connectivity index (χ4n) is 2.21. The van der Waals surface area contributed by atoms with Crippen LogP contribution in [0.1, 0.15) is 36.5 Å². The maximum Gasteiger partial charge on any atom is 0.266 e. The minimum absolute atomic E-state index is 0.0478. The van der Waals surface area contributed by atoms with Gasteiger partial charge in [0.25, 0.3) is 5.91 Å². The lowest BCUT2D eigenvalue weighted by Gasteiger charge is -2.08. The second-order valence-corrected chi connectivity index (χ2v) is 6.34. The van der Waals surface area contributed by atoms with Crippen LogP contribution in [0.15, 0.2) is 48.0 Å². The number of carbonyl (C=O) groups is 1. The van der Waals surface area contributed by atoms with Gasteiger partial charge in [-0.25, -0.2) is 0 Å². The molecule has 4 heteroatoms. The number of nitriles is 1. The number of nitrogens with zero attached hydrogens (tertiary/aromatic N) is 1. The zero-order valence-corrected chi connectivity index (χ0v) is 14.7. The average Bonchev–Trinajstić information content (AvgIpc) is 2.56. The molecular formula is C20H19ClN2O. The van der Waals surface area contributed by atoms with Gasteiger partial charge in [-0.1, -0.05) is 55.8 Å². The summed E-state index contributed by atoms with van der Waals surface area (Å²) in [6.07, 6.45) is 1.58. The van der Waals surface area contributed by atoms with Crippen molar-refractivity contribution in [2.24, 2.45) is 0 Å². The Labute approximate surface area is 147 Å². The van der Waals surface area contributed by atoms with Crippen LogP contribution in [0.4, 0.5) is 5.69 Å². The van der Waals surface area contributed by atoms with Crippen LogP contribution in [-0.4, -0.2) is 5.91 Å². The number of benzene rings is 2. The summed E-state index contributed by atoms with van der Waals surface area (Å²) in [4.78, 5) is 12.3. The monoisotopic (exact) mass is 338 g/mol. The van der Waals surface area contributed by atoms with Crippen LogP contribution >= 0.6 is 11.6 Å². The Morgan fingerprint density at radius 2 is 1.88 bits per heavy atom. The van der Waals surface area contributed by atoms with Gasteiger partial charge in [0.2, 0.25) is 0 Å². The molecule has 0 aliphatic heterocycles. The van der Waals surface area contributed by atoms with Gasteiger partial charge in [-0.2, -0.15) is 5.26 Å². The quantitative estimate of drug-likeness (QED) is 0.606. The van der Waals surface area contributed by atoms with Gasteiger partial charge in [-0.05, 0) is 47.7 Å². The van der Waals surface area contributed by atoms with Crippen LogP contribution in [0.3, 0.4) is 0 Å². The zero-order chi connectivity index (χ0) is 17.7. The highest BCUT2D eigenvalue weighted by atomic mass is 35.5. The van der Waals surface area contributed by atoms with Crippen LogP contribution in [0, 0.1) is 18.3 Å². The van der Waals surface area contributed by atoms with Gasteiger partial charge in [0.15, 0.2) is 0 Å². The van der Waals surface area contributed by atoms with Crippen molar-refractivity contribution in [2.75, 3.05) is 5.32 Å². The smallest absolute Gasteiger partial charge is 0.266 e. The number of carbonyl (C=O) groups excluding carboxylic acids is 1. The Morgan fingerprint density at radius 1 is 1.21 bits per heavy atom. The molecule has 122 valence electrons. The number of nitrogens with one attached hydrogen (secondary N) is 1. The molecule has 0 saturated heterocycles. The van der Waals surface area contributed by atoms with Crippen molar-refractivity contribution in [3.05, 3.63) is 69.8 Å². The van der Waals surface area contributed by atoms with Crippen molar-refractivity contribution in [3.8, 4) is 6.07 Å². The van der Waals surface area contributed by atoms with E-state index in [1.165, 1.54) is 5.56 Å². The third-order valence-corrected chi connectivity index (χ3v) is 3.96. The van der Waals surface area contributed by atoms with E-state index in [0.717, 1.165) is 11.1 Å². The van der Waals surface area contributed by atoms with E-state index in [0.29, 0.717) is 16.6 Å². The Balaban J connectivity index is 2.22. The third-order valence-electron chi connectivity index (χ3n) is 3.73. The minimum atomic E-state index is -0.448. The van der Waals surface area contributed by atoms with E-state index in [-0.39, 0.29) is 5.57 Å². The van der Waals surface area contributed by atoms with Gasteiger partial charge in [-0.15, -0.1) is 0 Å². The minimum Gasteiger partial charge on any atom is -0.321 e. The molecule has 0 saturated carbocycles. The maximum atomic E-state index is 12.3. The van der Waals surface area contributed by atoms with Gasteiger partial charge >= 0.3 is 0 Å². The molecular weight excluding hydrogens is 320 g/mol. The van der Waals surface area contributed by atoms with Crippen LogP contribution in [0.5, 0.6) is 0 Å². The second-order valence-electron chi connectivity index (χ2n) is 5.90. The van der Waals surface area contributed by atoms with E-state index < -0.39 is 5.91 Å². The summed E-state index contributed by atoms with van der Waals surface area (Å²) in [7, 11) is 0. The standard InChI is InChI=1S/C20H19ClN2O/c1-13(2)16-7-5-15(6-8-16)10-17(12-22)20(24)23-19-11-18(21)9-4-14(19)3/h4-11,13H,1-3H3,(H,23,24)/b17-10+. The van der Waals surface area contributed by atoms with Crippen molar-refractivity contribution in [1.29, 1.82) is 5.26 Å². The fourth-order valence-corrected chi connectivity index (χ4v) is 2.38. The Bertz CT molecular complexity index is 815. The highest BCUT2D eigenvalue weighted by Gasteiger charge is 2.11. The largest absolute Gasteiger partial charge is 0.321 e. The lowest BCUT2D eigenvalue weighted by atomic mass is 10.0. The third kappa shape index (κ3) is 4.47. The highest BCUT2D eigenvalue weighted by Crippen LogP contribution is 2.21. The summed E-state index contributed by atoms with van der Waals surface area (Å²) < 4.78 is 0. The topological polar surface area (TPSA) is 52.9 Å². The SMILES string of the molecule is Cc1ccc(Cl)cc1NC(=O)/C(C#N)=C/c1ccc(C(C)C)cc1. The van der Waals surface area contributed by atoms with Gasteiger partial charge in [0.05, 0.1) is 0 Å². The Hall–Kier alpha value is -2.57. The molecule has 24 heavy (non-hydrogen) atoms. The Morgan fingerprint density at radius 3 is 2.46 bits per heavy atom. The van der Waals surface area contributed by atoms with Gasteiger partial charge < -0.3 is 5.32 Å². The Kier molecular flexibility index (Phi) is 5.78. The molecule has 0 aromatic heterocycles. The molecule has 2 aromatic carbocycles. The normalized spacial score (nSPS) is 11.2. The summed E-state index contributed by atoms with van der Waals surface area (Å²) in [6.45, 7) is 6.10. The summed E-state index contributed by atoms with van der Waals surface area (Å²) in [5, 5.41) is 12.6. The van der Waals surface area contributed by atoms with Crippen LogP contribution < -0.4 is 5.32 Å². The molecule has 3 nitrogen and oxygen atoms in total. The van der Waals surface area contributed by atoms with Crippen LogP contribution in [0.25, 0.3) is 6.08 Å². The highest BCUT2D eigenvalue weighted by molar-refractivity contribution is 6.31. The lowest BCUT2D eigenvalue weighted by molar-refractivity contribution is -0.112. The number of aryl methyl sites for hydroxylation is 1. The first-order valence-corrected chi connectivity index (χ1v) is 8.07. The van der Waals surface area contributed by atoms with Crippen molar-refractivity contribution < 1.29 is 4.79 Å². The summed E-state index contributed by atoms with van der Waals surface area (Å²) in [6, 6.07) is 15.0. The van der Waals surface area contributed by atoms with Gasteiger partial charge in [0, 0.05) is 10.7 Å². The van der Waals surface area contributed by atoms with E-state index in [1.807, 2.05) is 43.3 Å². The second kappa shape index (κ2) is 7.81. The molecule has 0 aliphatic rings. The van der Waals surface area contributed by atoms with E-state index in [2.05, 4.69) is 19.2 Å². The first kappa shape index (κ1) is 17.8. The summed E-state index contributed by atoms with van der Waals surface area (Å²) in [5.74, 6) is -0.0108. The molecule has 0 spiro atoms. The molecule has 0 atom stereocenters. The molecule has 0 unspecified atom stereocenters.